The summed E-state index contributed by atoms with van der Waals surface area (Å²) in [6.07, 6.45) is 0. The van der Waals surface area contributed by atoms with Crippen molar-refractivity contribution in [1.82, 2.24) is 9.62 Å². The van der Waals surface area contributed by atoms with Gasteiger partial charge in [0, 0.05) is 24.5 Å². The van der Waals surface area contributed by atoms with E-state index in [9.17, 15) is 13.2 Å². The van der Waals surface area contributed by atoms with Crippen molar-refractivity contribution in [3.8, 4) is 0 Å². The highest BCUT2D eigenvalue weighted by Crippen LogP contribution is 2.20. The summed E-state index contributed by atoms with van der Waals surface area (Å²) in [4.78, 5) is 12.5. The second-order valence-electron chi connectivity index (χ2n) is 7.11. The minimum atomic E-state index is -3.76. The Morgan fingerprint density at radius 3 is 2.24 bits per heavy atom. The van der Waals surface area contributed by atoms with Gasteiger partial charge in [0.1, 0.15) is 0 Å². The largest absolute Gasteiger partial charge is 0.351 e. The third-order valence-corrected chi connectivity index (χ3v) is 6.53. The fraction of sp³-hybridized carbons (Fsp3) is 0.318. The summed E-state index contributed by atoms with van der Waals surface area (Å²) in [5.74, 6) is -0.431. The quantitative estimate of drug-likeness (QED) is 0.624. The number of nitrogens with one attached hydrogen (secondary N) is 1. The van der Waals surface area contributed by atoms with Crippen LogP contribution in [0, 0.1) is 0 Å². The molecule has 0 spiro atoms. The van der Waals surface area contributed by atoms with Gasteiger partial charge in [-0.25, -0.2) is 8.42 Å². The van der Waals surface area contributed by atoms with Gasteiger partial charge in [0.15, 0.2) is 0 Å². The molecular formula is C22H29N3O3S. The summed E-state index contributed by atoms with van der Waals surface area (Å²) < 4.78 is 26.6. The predicted octanol–water partition coefficient (Wildman–Crippen LogP) is 2.73. The molecule has 0 aliphatic carbocycles. The predicted molar refractivity (Wildman–Crippen MR) is 116 cm³/mol. The Balaban J connectivity index is 2.06. The summed E-state index contributed by atoms with van der Waals surface area (Å²) in [5.41, 5.74) is 8.52. The fourth-order valence-electron chi connectivity index (χ4n) is 2.87. The molecule has 7 heteroatoms. The number of benzene rings is 2. The summed E-state index contributed by atoms with van der Waals surface area (Å²) in [7, 11) is -3.76. The van der Waals surface area contributed by atoms with Gasteiger partial charge >= 0.3 is 0 Å². The molecule has 0 aromatic heterocycles. The number of carbonyl (C=O) groups excluding carboxylic acids is 1. The Bertz CT molecular complexity index is 926. The lowest BCUT2D eigenvalue weighted by Gasteiger charge is -2.25. The molecule has 0 aliphatic rings. The van der Waals surface area contributed by atoms with Crippen LogP contribution in [-0.4, -0.2) is 31.7 Å². The molecule has 2 rings (SSSR count). The maximum Gasteiger partial charge on any atom is 0.238 e. The van der Waals surface area contributed by atoms with E-state index in [1.54, 1.807) is 0 Å². The van der Waals surface area contributed by atoms with E-state index in [1.165, 1.54) is 11.2 Å². The van der Waals surface area contributed by atoms with E-state index in [2.05, 4.69) is 11.9 Å². The lowest BCUT2D eigenvalue weighted by Crippen LogP contribution is -2.42. The molecule has 156 valence electrons. The number of rotatable bonds is 10. The number of hydrogen-bond donors (Lipinski definition) is 2. The van der Waals surface area contributed by atoms with E-state index in [1.807, 2.05) is 61.5 Å². The zero-order valence-electron chi connectivity index (χ0n) is 17.0. The van der Waals surface area contributed by atoms with Crippen LogP contribution in [0.25, 0.3) is 0 Å². The molecule has 3 N–H and O–H groups in total. The third kappa shape index (κ3) is 6.52. The fourth-order valence-corrected chi connectivity index (χ4v) is 4.02. The smallest absolute Gasteiger partial charge is 0.238 e. The number of carbonyl (C=O) groups is 1. The van der Waals surface area contributed by atoms with Crippen LogP contribution in [0.3, 0.4) is 0 Å². The molecule has 2 aromatic rings. The van der Waals surface area contributed by atoms with Crippen LogP contribution >= 0.6 is 0 Å². The molecule has 1 amide bonds. The molecule has 6 nitrogen and oxygen atoms in total. The molecule has 0 saturated heterocycles. The Morgan fingerprint density at radius 2 is 1.69 bits per heavy atom. The number of sulfonamides is 1. The minimum Gasteiger partial charge on any atom is -0.351 e. The van der Waals surface area contributed by atoms with E-state index in [-0.39, 0.29) is 29.8 Å². The molecule has 29 heavy (non-hydrogen) atoms. The summed E-state index contributed by atoms with van der Waals surface area (Å²) in [6.45, 7) is 7.66. The topological polar surface area (TPSA) is 92.5 Å². The monoisotopic (exact) mass is 415 g/mol. The van der Waals surface area contributed by atoms with Gasteiger partial charge in [0.25, 0.3) is 0 Å². The lowest BCUT2D eigenvalue weighted by atomic mass is 10.0. The molecule has 1 atom stereocenters. The molecular weight excluding hydrogens is 386 g/mol. The van der Waals surface area contributed by atoms with Crippen molar-refractivity contribution in [1.29, 1.82) is 0 Å². The number of nitrogens with two attached hydrogens (primary N) is 1. The number of allylic oxidation sites excluding steroid dienone is 1. The van der Waals surface area contributed by atoms with Crippen molar-refractivity contribution in [2.75, 3.05) is 13.1 Å². The molecule has 2 aromatic carbocycles. The average Bonchev–Trinajstić information content (AvgIpc) is 2.72. The van der Waals surface area contributed by atoms with Gasteiger partial charge in [-0.1, -0.05) is 68.1 Å². The second kappa shape index (κ2) is 10.3. The zero-order chi connectivity index (χ0) is 21.4. The zero-order valence-corrected chi connectivity index (χ0v) is 17.8. The Kier molecular flexibility index (Phi) is 8.13. The van der Waals surface area contributed by atoms with Crippen LogP contribution in [0.2, 0.25) is 0 Å². The van der Waals surface area contributed by atoms with Crippen LogP contribution < -0.4 is 11.1 Å². The van der Waals surface area contributed by atoms with Crippen molar-refractivity contribution in [3.05, 3.63) is 82.8 Å². The van der Waals surface area contributed by atoms with Crippen LogP contribution in [-0.2, 0) is 27.9 Å². The maximum atomic E-state index is 12.7. The normalized spacial score (nSPS) is 12.6. The molecule has 0 saturated carbocycles. The molecule has 0 radical (unpaired) electrons. The molecule has 0 heterocycles. The number of hydrogen-bond acceptors (Lipinski definition) is 4. The number of amides is 1. The first-order valence-corrected chi connectivity index (χ1v) is 10.9. The van der Waals surface area contributed by atoms with Crippen LogP contribution in [0.15, 0.2) is 66.1 Å². The summed E-state index contributed by atoms with van der Waals surface area (Å²) >= 11 is 0. The first-order valence-electron chi connectivity index (χ1n) is 9.49. The van der Waals surface area contributed by atoms with Gasteiger partial charge in [0.2, 0.25) is 15.9 Å². The minimum absolute atomic E-state index is 0.0166. The first-order chi connectivity index (χ1) is 13.7. The standard InChI is InChI=1S/C22H29N3O3S/c1-17(2)29(27,28)25(15-18(3)21-7-5-4-6-8-21)16-22(26)24-14-20-11-9-19(13-23)10-12-20/h4-12,18H,1,13-16,23H2,2-3H3,(H,24,26). The Morgan fingerprint density at radius 1 is 1.10 bits per heavy atom. The van der Waals surface area contributed by atoms with E-state index < -0.39 is 10.0 Å². The molecule has 0 bridgehead atoms. The van der Waals surface area contributed by atoms with Crippen LogP contribution in [0.5, 0.6) is 0 Å². The van der Waals surface area contributed by atoms with Gasteiger partial charge < -0.3 is 11.1 Å². The second-order valence-corrected chi connectivity index (χ2v) is 9.27. The van der Waals surface area contributed by atoms with Gasteiger partial charge in [-0.3, -0.25) is 4.79 Å². The number of nitrogens with zero attached hydrogens (tertiary/aromatic N) is 1. The Labute approximate surface area is 173 Å². The van der Waals surface area contributed by atoms with Gasteiger partial charge in [0.05, 0.1) is 6.54 Å². The van der Waals surface area contributed by atoms with E-state index >= 15 is 0 Å². The highest BCUT2D eigenvalue weighted by Gasteiger charge is 2.27. The molecule has 0 aliphatic heterocycles. The average molecular weight is 416 g/mol. The van der Waals surface area contributed by atoms with Gasteiger partial charge in [-0.15, -0.1) is 0 Å². The lowest BCUT2D eigenvalue weighted by molar-refractivity contribution is -0.121. The van der Waals surface area contributed by atoms with Crippen LogP contribution in [0.1, 0.15) is 36.5 Å². The Hall–Kier alpha value is -2.48. The molecule has 0 fully saturated rings. The summed E-state index contributed by atoms with van der Waals surface area (Å²) in [6, 6.07) is 17.2. The van der Waals surface area contributed by atoms with E-state index in [0.29, 0.717) is 13.1 Å². The van der Waals surface area contributed by atoms with Crippen molar-refractivity contribution < 1.29 is 13.2 Å². The van der Waals surface area contributed by atoms with Crippen molar-refractivity contribution in [3.63, 3.8) is 0 Å². The van der Waals surface area contributed by atoms with Gasteiger partial charge in [-0.05, 0) is 29.5 Å². The SMILES string of the molecule is C=C(C)S(=O)(=O)N(CC(=O)NCc1ccc(CN)cc1)CC(C)c1ccccc1. The highest BCUT2D eigenvalue weighted by molar-refractivity contribution is 7.92. The molecule has 1 unspecified atom stereocenters. The maximum absolute atomic E-state index is 12.7. The van der Waals surface area contributed by atoms with Crippen molar-refractivity contribution in [2.24, 2.45) is 5.73 Å². The van der Waals surface area contributed by atoms with Gasteiger partial charge in [-0.2, -0.15) is 4.31 Å². The third-order valence-electron chi connectivity index (χ3n) is 4.69. The van der Waals surface area contributed by atoms with Crippen molar-refractivity contribution in [2.45, 2.75) is 32.9 Å². The summed E-state index contributed by atoms with van der Waals surface area (Å²) in [5, 5.41) is 2.78. The highest BCUT2D eigenvalue weighted by atomic mass is 32.2. The van der Waals surface area contributed by atoms with Crippen molar-refractivity contribution >= 4 is 15.9 Å². The first kappa shape index (κ1) is 22.8. The van der Waals surface area contributed by atoms with Crippen LogP contribution in [0.4, 0.5) is 0 Å². The van der Waals surface area contributed by atoms with E-state index in [0.717, 1.165) is 16.7 Å². The van der Waals surface area contributed by atoms with E-state index in [4.69, 9.17) is 5.73 Å².